The number of halogens is 1. The lowest BCUT2D eigenvalue weighted by Crippen LogP contribution is -2.08. The molecular weight excluding hydrogens is 365 g/mol. The summed E-state index contributed by atoms with van der Waals surface area (Å²) in [5.74, 6) is 0.849. The molecule has 1 aromatic rings. The van der Waals surface area contributed by atoms with Crippen LogP contribution in [0, 0.1) is 0 Å². The maximum atomic E-state index is 5.15. The average Bonchev–Trinajstić information content (AvgIpc) is 2.69. The van der Waals surface area contributed by atoms with E-state index < -0.39 is 0 Å². The third-order valence-electron chi connectivity index (χ3n) is 2.76. The van der Waals surface area contributed by atoms with Gasteiger partial charge in [0.15, 0.2) is 0 Å². The fourth-order valence-electron chi connectivity index (χ4n) is 1.57. The Balaban J connectivity index is 2.05. The maximum Gasteiger partial charge on any atom is 0.119 e. The summed E-state index contributed by atoms with van der Waals surface area (Å²) in [6.45, 7) is 0. The van der Waals surface area contributed by atoms with Gasteiger partial charge in [0.2, 0.25) is 0 Å². The smallest absolute Gasteiger partial charge is 0.119 e. The number of benzene rings is 1. The number of anilines is 1. The van der Waals surface area contributed by atoms with Crippen LogP contribution in [0.3, 0.4) is 0 Å². The minimum absolute atomic E-state index is 0.0244. The van der Waals surface area contributed by atoms with E-state index in [0.29, 0.717) is 0 Å². The van der Waals surface area contributed by atoms with Crippen LogP contribution in [-0.4, -0.2) is 34.5 Å². The Morgan fingerprint density at radius 1 is 1.30 bits per heavy atom. The minimum atomic E-state index is -0.0244. The van der Waals surface area contributed by atoms with Crippen LogP contribution in [0.2, 0.25) is 0 Å². The molecule has 0 amide bonds. The fraction of sp³-hybridized carbons (Fsp3) is 0.200. The van der Waals surface area contributed by atoms with E-state index in [4.69, 9.17) is 4.74 Å². The van der Waals surface area contributed by atoms with E-state index in [0.717, 1.165) is 17.0 Å². The van der Waals surface area contributed by atoms with Crippen molar-refractivity contribution in [1.82, 2.24) is 3.11 Å². The van der Waals surface area contributed by atoms with Crippen LogP contribution in [0.25, 0.3) is 0 Å². The van der Waals surface area contributed by atoms with E-state index in [1.165, 1.54) is 0 Å². The minimum Gasteiger partial charge on any atom is -0.497 e. The van der Waals surface area contributed by atoms with Gasteiger partial charge in [-0.05, 0) is 67.0 Å². The SMILES string of the molecule is COc1ccc(N(C)/N=C/C2=CC=IN(C)C=C2)cc1. The lowest BCUT2D eigenvalue weighted by Gasteiger charge is -2.13. The van der Waals surface area contributed by atoms with Crippen LogP contribution < -0.4 is 9.75 Å². The van der Waals surface area contributed by atoms with Crippen LogP contribution in [0.15, 0.2) is 53.3 Å². The highest BCUT2D eigenvalue weighted by Crippen LogP contribution is 2.18. The van der Waals surface area contributed by atoms with E-state index in [2.05, 4.69) is 37.6 Å². The summed E-state index contributed by atoms with van der Waals surface area (Å²) in [6.07, 6.45) is 8.18. The number of hydrogen-bond acceptors (Lipinski definition) is 4. The van der Waals surface area contributed by atoms with Crippen LogP contribution >= 0.6 is 21.0 Å². The van der Waals surface area contributed by atoms with Gasteiger partial charge >= 0.3 is 0 Å². The lowest BCUT2D eigenvalue weighted by atomic mass is 10.3. The van der Waals surface area contributed by atoms with Gasteiger partial charge in [-0.3, -0.25) is 5.01 Å². The Labute approximate surface area is 130 Å². The van der Waals surface area contributed by atoms with Crippen LogP contribution in [0.4, 0.5) is 5.69 Å². The summed E-state index contributed by atoms with van der Waals surface area (Å²) in [5, 5.41) is 6.31. The topological polar surface area (TPSA) is 28.1 Å². The molecule has 1 heterocycles. The van der Waals surface area contributed by atoms with E-state index in [1.807, 2.05) is 42.5 Å². The summed E-state index contributed by atoms with van der Waals surface area (Å²) >= 11 is -0.0244. The van der Waals surface area contributed by atoms with E-state index in [1.54, 1.807) is 7.11 Å². The predicted octanol–water partition coefficient (Wildman–Crippen LogP) is 3.19. The molecule has 0 N–H and O–H groups in total. The molecule has 20 heavy (non-hydrogen) atoms. The monoisotopic (exact) mass is 383 g/mol. The molecule has 1 aliphatic rings. The lowest BCUT2D eigenvalue weighted by molar-refractivity contribution is 0.415. The molecule has 0 aromatic heterocycles. The highest BCUT2D eigenvalue weighted by Gasteiger charge is 1.99. The molecule has 0 saturated heterocycles. The molecule has 0 saturated carbocycles. The van der Waals surface area contributed by atoms with Crippen molar-refractivity contribution >= 4 is 36.9 Å². The van der Waals surface area contributed by atoms with E-state index in [9.17, 15) is 0 Å². The third kappa shape index (κ3) is 4.19. The van der Waals surface area contributed by atoms with Gasteiger partial charge in [0, 0.05) is 20.3 Å². The summed E-state index contributed by atoms with van der Waals surface area (Å²) < 4.78 is 9.60. The molecule has 0 fully saturated rings. The van der Waals surface area contributed by atoms with E-state index >= 15 is 0 Å². The highest BCUT2D eigenvalue weighted by atomic mass is 127. The molecule has 5 heteroatoms. The second-order valence-electron chi connectivity index (χ2n) is 4.20. The largest absolute Gasteiger partial charge is 0.497 e. The van der Waals surface area contributed by atoms with Gasteiger partial charge in [-0.15, -0.1) is 0 Å². The molecule has 0 radical (unpaired) electrons. The molecule has 1 aromatic carbocycles. The first kappa shape index (κ1) is 14.8. The van der Waals surface area contributed by atoms with Crippen molar-refractivity contribution < 1.29 is 4.74 Å². The number of allylic oxidation sites excluding steroid dienone is 3. The molecule has 0 unspecified atom stereocenters. The van der Waals surface area contributed by atoms with Crippen LogP contribution in [-0.2, 0) is 0 Å². The van der Waals surface area contributed by atoms with Crippen molar-refractivity contribution in [3.8, 4) is 5.75 Å². The van der Waals surface area contributed by atoms with Gasteiger partial charge in [-0.1, -0.05) is 0 Å². The first-order chi connectivity index (χ1) is 9.69. The Kier molecular flexibility index (Phi) is 5.34. The maximum absolute atomic E-state index is 5.15. The first-order valence-electron chi connectivity index (χ1n) is 6.19. The van der Waals surface area contributed by atoms with Gasteiger partial charge in [0.25, 0.3) is 0 Å². The second-order valence-corrected chi connectivity index (χ2v) is 7.00. The number of hydrogen-bond donors (Lipinski definition) is 0. The highest BCUT2D eigenvalue weighted by molar-refractivity contribution is 14.2. The Morgan fingerprint density at radius 3 is 2.75 bits per heavy atom. The average molecular weight is 383 g/mol. The number of ether oxygens (including phenoxy) is 1. The van der Waals surface area contributed by atoms with Crippen molar-refractivity contribution in [2.45, 2.75) is 0 Å². The normalized spacial score (nSPS) is 14.8. The number of hydrazone groups is 1. The molecular formula is C15H18IN3O. The van der Waals surface area contributed by atoms with Gasteiger partial charge in [0.05, 0.1) is 19.0 Å². The predicted molar refractivity (Wildman–Crippen MR) is 95.0 cm³/mol. The number of methoxy groups -OCH3 is 1. The number of nitrogens with zero attached hydrogens (tertiary/aromatic N) is 3. The Morgan fingerprint density at radius 2 is 2.05 bits per heavy atom. The Hall–Kier alpha value is -1.63. The molecule has 4 nitrogen and oxygen atoms in total. The van der Waals surface area contributed by atoms with Gasteiger partial charge in [-0.25, -0.2) is 0 Å². The summed E-state index contributed by atoms with van der Waals surface area (Å²) in [5.41, 5.74) is 2.13. The molecule has 106 valence electrons. The summed E-state index contributed by atoms with van der Waals surface area (Å²) in [7, 11) is 5.69. The van der Waals surface area contributed by atoms with Crippen LogP contribution in [0.5, 0.6) is 5.75 Å². The molecule has 1 aliphatic heterocycles. The van der Waals surface area contributed by atoms with Crippen molar-refractivity contribution in [2.75, 3.05) is 26.2 Å². The molecule has 2 rings (SSSR count). The molecule has 0 bridgehead atoms. The first-order valence-corrected chi connectivity index (χ1v) is 8.40. The van der Waals surface area contributed by atoms with Crippen molar-refractivity contribution in [1.29, 1.82) is 0 Å². The zero-order chi connectivity index (χ0) is 14.4. The standard InChI is InChI=1S/C15H18IN3O/c1-18-11-9-13(8-10-16-18)12-17-19(2)14-4-6-15(20-3)7-5-14/h4-12H,1-3H3/b17-12+. The van der Waals surface area contributed by atoms with Crippen molar-refractivity contribution in [3.63, 3.8) is 0 Å². The number of rotatable bonds is 4. The van der Waals surface area contributed by atoms with E-state index in [-0.39, 0.29) is 21.0 Å². The van der Waals surface area contributed by atoms with Gasteiger partial charge in [0.1, 0.15) is 5.75 Å². The quantitative estimate of drug-likeness (QED) is 0.346. The van der Waals surface area contributed by atoms with Crippen LogP contribution in [0.1, 0.15) is 0 Å². The Bertz CT molecular complexity index is 561. The zero-order valence-electron chi connectivity index (χ0n) is 11.8. The third-order valence-corrected chi connectivity index (χ3v) is 4.65. The summed E-state index contributed by atoms with van der Waals surface area (Å²) in [6, 6.07) is 7.83. The molecule has 0 atom stereocenters. The fourth-order valence-corrected chi connectivity index (χ4v) is 3.00. The van der Waals surface area contributed by atoms with Crippen molar-refractivity contribution in [2.24, 2.45) is 5.10 Å². The zero-order valence-corrected chi connectivity index (χ0v) is 14.0. The van der Waals surface area contributed by atoms with Gasteiger partial charge < -0.3 is 7.85 Å². The molecule has 0 aliphatic carbocycles. The molecule has 0 spiro atoms. The van der Waals surface area contributed by atoms with Gasteiger partial charge in [-0.2, -0.15) is 5.10 Å². The second kappa shape index (κ2) is 7.23. The summed E-state index contributed by atoms with van der Waals surface area (Å²) in [4.78, 5) is 0. The van der Waals surface area contributed by atoms with Crippen molar-refractivity contribution in [3.05, 3.63) is 48.2 Å².